The molecule has 0 amide bonds. The molecule has 0 aromatic heterocycles. The zero-order chi connectivity index (χ0) is 10.1. The van der Waals surface area contributed by atoms with Crippen molar-refractivity contribution in [2.24, 2.45) is 4.52 Å². The third-order valence-corrected chi connectivity index (χ3v) is 4.30. The third-order valence-electron chi connectivity index (χ3n) is 1.85. The van der Waals surface area contributed by atoms with Gasteiger partial charge < -0.3 is 0 Å². The maximum Gasteiger partial charge on any atom is 0.0984 e. The number of hydrogen-bond acceptors (Lipinski definition) is 2. The van der Waals surface area contributed by atoms with Gasteiger partial charge in [-0.15, -0.1) is 0 Å². The van der Waals surface area contributed by atoms with Gasteiger partial charge in [0.2, 0.25) is 0 Å². The van der Waals surface area contributed by atoms with Crippen LogP contribution in [-0.2, 0) is 0 Å². The Kier molecular flexibility index (Phi) is 9.34. The molecule has 0 radical (unpaired) electrons. The van der Waals surface area contributed by atoms with Crippen molar-refractivity contribution in [3.63, 3.8) is 0 Å². The highest BCUT2D eigenvalue weighted by Gasteiger charge is 1.97. The van der Waals surface area contributed by atoms with E-state index in [4.69, 9.17) is 0 Å². The van der Waals surface area contributed by atoms with Crippen LogP contribution in [0, 0.1) is 0 Å². The first-order valence-electron chi connectivity index (χ1n) is 4.94. The Hall–Kier alpha value is 0.450. The maximum absolute atomic E-state index is 4.51. The van der Waals surface area contributed by atoms with E-state index < -0.39 is 0 Å². The summed E-state index contributed by atoms with van der Waals surface area (Å²) in [6.07, 6.45) is 0. The molecular formula is C8H21N3P2. The zero-order valence-corrected chi connectivity index (χ0v) is 11.0. The number of rotatable bonds is 7. The van der Waals surface area contributed by atoms with E-state index in [1.54, 1.807) is 0 Å². The lowest BCUT2D eigenvalue weighted by molar-refractivity contribution is 0.512. The van der Waals surface area contributed by atoms with E-state index in [1.807, 2.05) is 0 Å². The monoisotopic (exact) mass is 221 g/mol. The standard InChI is InChI=1S/C8H21N3P2/c1-5-10(6-2)12-9-13-11(7-3)8-4/h12H,5-8H2,1-4H3. The molecule has 0 N–H and O–H groups in total. The average molecular weight is 221 g/mol. The minimum Gasteiger partial charge on any atom is -0.267 e. The first-order valence-corrected chi connectivity index (χ1v) is 6.63. The van der Waals surface area contributed by atoms with Gasteiger partial charge in [-0.2, -0.15) is 0 Å². The molecule has 0 aliphatic heterocycles. The predicted molar refractivity (Wildman–Crippen MR) is 63.5 cm³/mol. The van der Waals surface area contributed by atoms with E-state index in [0.29, 0.717) is 8.88 Å². The first-order chi connectivity index (χ1) is 6.28. The summed E-state index contributed by atoms with van der Waals surface area (Å²) in [5, 5.41) is 0. The van der Waals surface area contributed by atoms with E-state index in [9.17, 15) is 0 Å². The molecule has 3 nitrogen and oxygen atoms in total. The van der Waals surface area contributed by atoms with Gasteiger partial charge in [-0.3, -0.25) is 4.67 Å². The van der Waals surface area contributed by atoms with Gasteiger partial charge in [0.05, 0.1) is 17.4 Å². The highest BCUT2D eigenvalue weighted by molar-refractivity contribution is 7.42. The summed E-state index contributed by atoms with van der Waals surface area (Å²) >= 11 is 0. The molecular weight excluding hydrogens is 200 g/mol. The predicted octanol–water partition coefficient (Wildman–Crippen LogP) is 3.22. The summed E-state index contributed by atoms with van der Waals surface area (Å²) < 4.78 is 9.15. The summed E-state index contributed by atoms with van der Waals surface area (Å²) in [6.45, 7) is 13.1. The second-order valence-corrected chi connectivity index (χ2v) is 4.98. The molecule has 0 bridgehead atoms. The Morgan fingerprint density at radius 3 is 1.92 bits per heavy atom. The summed E-state index contributed by atoms with van der Waals surface area (Å²) in [4.78, 5) is 0. The van der Waals surface area contributed by atoms with Crippen LogP contribution in [-0.4, -0.2) is 35.5 Å². The molecule has 13 heavy (non-hydrogen) atoms. The molecule has 0 spiro atoms. The van der Waals surface area contributed by atoms with Crippen molar-refractivity contribution >= 4 is 17.4 Å². The lowest BCUT2D eigenvalue weighted by Gasteiger charge is -2.14. The second-order valence-electron chi connectivity index (χ2n) is 2.60. The summed E-state index contributed by atoms with van der Waals surface area (Å²) in [6, 6.07) is 0. The van der Waals surface area contributed by atoms with Gasteiger partial charge in [0.15, 0.2) is 0 Å². The first kappa shape index (κ1) is 13.4. The van der Waals surface area contributed by atoms with Crippen LogP contribution in [0.4, 0.5) is 0 Å². The highest BCUT2D eigenvalue weighted by atomic mass is 31.1. The fourth-order valence-corrected chi connectivity index (χ4v) is 2.57. The van der Waals surface area contributed by atoms with Gasteiger partial charge in [0.25, 0.3) is 0 Å². The SMILES string of the molecule is CCN(CC)P=NPN(CC)CC. The van der Waals surface area contributed by atoms with E-state index >= 15 is 0 Å². The quantitative estimate of drug-likeness (QED) is 0.614. The van der Waals surface area contributed by atoms with E-state index in [0.717, 1.165) is 34.7 Å². The molecule has 78 valence electrons. The maximum atomic E-state index is 4.51. The third kappa shape index (κ3) is 6.51. The zero-order valence-electron chi connectivity index (χ0n) is 9.12. The Morgan fingerprint density at radius 2 is 1.54 bits per heavy atom. The lowest BCUT2D eigenvalue weighted by atomic mass is 10.7. The van der Waals surface area contributed by atoms with Crippen molar-refractivity contribution in [3.05, 3.63) is 0 Å². The molecule has 0 heterocycles. The molecule has 1 unspecified atom stereocenters. The van der Waals surface area contributed by atoms with Crippen molar-refractivity contribution in [3.8, 4) is 0 Å². The van der Waals surface area contributed by atoms with Crippen molar-refractivity contribution in [1.82, 2.24) is 9.34 Å². The molecule has 0 aromatic carbocycles. The normalized spacial score (nSPS) is 13.1. The Labute approximate surface area is 85.7 Å². The van der Waals surface area contributed by atoms with Crippen LogP contribution in [0.1, 0.15) is 27.7 Å². The largest absolute Gasteiger partial charge is 0.267 e. The van der Waals surface area contributed by atoms with E-state index in [2.05, 4.69) is 41.6 Å². The van der Waals surface area contributed by atoms with E-state index in [1.165, 1.54) is 0 Å². The molecule has 1 atom stereocenters. The minimum atomic E-state index is 0.627. The van der Waals surface area contributed by atoms with Gasteiger partial charge in [-0.1, -0.05) is 27.7 Å². The van der Waals surface area contributed by atoms with Crippen molar-refractivity contribution in [2.75, 3.05) is 26.2 Å². The van der Waals surface area contributed by atoms with Crippen LogP contribution in [0.5, 0.6) is 0 Å². The smallest absolute Gasteiger partial charge is 0.0984 e. The summed E-state index contributed by atoms with van der Waals surface area (Å²) in [7, 11) is 1.76. The fourth-order valence-electron chi connectivity index (χ4n) is 0.862. The highest BCUT2D eigenvalue weighted by Crippen LogP contribution is 2.25. The van der Waals surface area contributed by atoms with Crippen LogP contribution in [0.2, 0.25) is 0 Å². The summed E-state index contributed by atoms with van der Waals surface area (Å²) in [5.41, 5.74) is 0. The van der Waals surface area contributed by atoms with Gasteiger partial charge in [-0.25, -0.2) is 9.19 Å². The molecule has 0 aliphatic rings. The molecule has 5 heteroatoms. The topological polar surface area (TPSA) is 18.8 Å². The van der Waals surface area contributed by atoms with Gasteiger partial charge in [0, 0.05) is 26.2 Å². The second kappa shape index (κ2) is 9.02. The number of hydrogen-bond donors (Lipinski definition) is 0. The molecule has 0 fully saturated rings. The van der Waals surface area contributed by atoms with E-state index in [-0.39, 0.29) is 0 Å². The lowest BCUT2D eigenvalue weighted by Crippen LogP contribution is -2.11. The Bertz CT molecular complexity index is 133. The van der Waals surface area contributed by atoms with Gasteiger partial charge >= 0.3 is 0 Å². The van der Waals surface area contributed by atoms with Crippen LogP contribution >= 0.6 is 17.4 Å². The fraction of sp³-hybridized carbons (Fsp3) is 1.00. The molecule has 0 aliphatic carbocycles. The van der Waals surface area contributed by atoms with Crippen LogP contribution in [0.3, 0.4) is 0 Å². The van der Waals surface area contributed by atoms with Crippen molar-refractivity contribution in [2.45, 2.75) is 27.7 Å². The van der Waals surface area contributed by atoms with Gasteiger partial charge in [0.1, 0.15) is 0 Å². The summed E-state index contributed by atoms with van der Waals surface area (Å²) in [5.74, 6) is 0. The Balaban J connectivity index is 3.70. The molecule has 0 aromatic rings. The molecule has 0 saturated carbocycles. The number of nitrogens with zero attached hydrogens (tertiary/aromatic N) is 3. The minimum absolute atomic E-state index is 0.627. The molecule has 0 rings (SSSR count). The van der Waals surface area contributed by atoms with Crippen molar-refractivity contribution < 1.29 is 0 Å². The van der Waals surface area contributed by atoms with Crippen LogP contribution in [0.15, 0.2) is 4.52 Å². The Morgan fingerprint density at radius 1 is 1.00 bits per heavy atom. The molecule has 0 saturated heterocycles. The van der Waals surface area contributed by atoms with Gasteiger partial charge in [-0.05, 0) is 0 Å². The van der Waals surface area contributed by atoms with Crippen molar-refractivity contribution in [1.29, 1.82) is 0 Å². The van der Waals surface area contributed by atoms with Crippen LogP contribution in [0.25, 0.3) is 0 Å². The van der Waals surface area contributed by atoms with Crippen LogP contribution < -0.4 is 0 Å². The average Bonchev–Trinajstić information content (AvgIpc) is 2.19.